The molecule has 3 aliphatic rings. The predicted octanol–water partition coefficient (Wildman–Crippen LogP) is 2.19. The minimum Gasteiger partial charge on any atom is -0.454 e. The number of likely N-dealkylation sites (tertiary alicyclic amines) is 1. The Balaban J connectivity index is 1.35. The van der Waals surface area contributed by atoms with E-state index in [-0.39, 0.29) is 18.0 Å². The van der Waals surface area contributed by atoms with E-state index in [1.807, 2.05) is 29.2 Å². The Morgan fingerprint density at radius 1 is 1.16 bits per heavy atom. The number of rotatable bonds is 3. The molecule has 4 heterocycles. The minimum atomic E-state index is 0.193. The number of nitrogens with zero attached hydrogens (tertiary/aromatic N) is 3. The highest BCUT2D eigenvalue weighted by Crippen LogP contribution is 2.38. The van der Waals surface area contributed by atoms with E-state index in [4.69, 9.17) is 9.47 Å². The summed E-state index contributed by atoms with van der Waals surface area (Å²) < 4.78 is 10.8. The van der Waals surface area contributed by atoms with E-state index in [0.717, 1.165) is 36.7 Å². The summed E-state index contributed by atoms with van der Waals surface area (Å²) >= 11 is 0. The van der Waals surface area contributed by atoms with Crippen LogP contribution in [0, 0.1) is 0 Å². The molecule has 0 spiro atoms. The first kappa shape index (κ1) is 14.7. The molecule has 6 nitrogen and oxygen atoms in total. The highest BCUT2D eigenvalue weighted by Gasteiger charge is 2.47. The van der Waals surface area contributed by atoms with E-state index in [1.165, 1.54) is 5.56 Å². The lowest BCUT2D eigenvalue weighted by Gasteiger charge is -2.25. The molecule has 5 rings (SSSR count). The molecule has 0 N–H and O–H groups in total. The Bertz CT molecular complexity index is 811. The average molecular weight is 337 g/mol. The van der Waals surface area contributed by atoms with Gasteiger partial charge >= 0.3 is 0 Å². The third-order valence-electron chi connectivity index (χ3n) is 5.36. The number of hydrogen-bond acceptors (Lipinski definition) is 5. The van der Waals surface area contributed by atoms with Crippen LogP contribution >= 0.6 is 0 Å². The second-order valence-corrected chi connectivity index (χ2v) is 6.76. The van der Waals surface area contributed by atoms with Crippen LogP contribution in [0.25, 0.3) is 0 Å². The molecule has 1 amide bonds. The van der Waals surface area contributed by atoms with Gasteiger partial charge in [0, 0.05) is 31.7 Å². The van der Waals surface area contributed by atoms with Crippen molar-refractivity contribution in [2.24, 2.45) is 0 Å². The topological polar surface area (TPSA) is 54.9 Å². The van der Waals surface area contributed by atoms with E-state index in [1.54, 1.807) is 12.4 Å². The second-order valence-electron chi connectivity index (χ2n) is 6.76. The van der Waals surface area contributed by atoms with Gasteiger partial charge in [-0.05, 0) is 36.2 Å². The highest BCUT2D eigenvalue weighted by atomic mass is 16.7. The summed E-state index contributed by atoms with van der Waals surface area (Å²) in [5, 5.41) is 0. The van der Waals surface area contributed by atoms with Gasteiger partial charge in [0.05, 0.1) is 17.9 Å². The summed E-state index contributed by atoms with van der Waals surface area (Å²) in [5.74, 6) is 1.81. The zero-order valence-corrected chi connectivity index (χ0v) is 13.8. The van der Waals surface area contributed by atoms with Crippen LogP contribution in [-0.4, -0.2) is 41.2 Å². The molecule has 0 unspecified atom stereocenters. The van der Waals surface area contributed by atoms with Gasteiger partial charge in [-0.3, -0.25) is 14.7 Å². The molecule has 1 aromatic heterocycles. The molecule has 2 atom stereocenters. The number of carbonyl (C=O) groups excluding carboxylic acids is 1. The van der Waals surface area contributed by atoms with Crippen LogP contribution in [0.3, 0.4) is 0 Å². The molecule has 0 bridgehead atoms. The van der Waals surface area contributed by atoms with E-state index in [9.17, 15) is 4.79 Å². The van der Waals surface area contributed by atoms with E-state index in [0.29, 0.717) is 13.2 Å². The maximum absolute atomic E-state index is 12.6. The first-order valence-electron chi connectivity index (χ1n) is 8.64. The zero-order chi connectivity index (χ0) is 16.8. The fourth-order valence-corrected chi connectivity index (χ4v) is 4.23. The third-order valence-corrected chi connectivity index (χ3v) is 5.36. The lowest BCUT2D eigenvalue weighted by Crippen LogP contribution is -2.37. The Hall–Kier alpha value is -2.60. The lowest BCUT2D eigenvalue weighted by atomic mass is 10.1. The van der Waals surface area contributed by atoms with Crippen molar-refractivity contribution in [1.29, 1.82) is 0 Å². The number of benzene rings is 1. The number of aromatic nitrogens is 1. The monoisotopic (exact) mass is 337 g/mol. The van der Waals surface area contributed by atoms with Crippen LogP contribution in [0.4, 0.5) is 5.69 Å². The van der Waals surface area contributed by atoms with Crippen molar-refractivity contribution in [1.82, 2.24) is 9.88 Å². The van der Waals surface area contributed by atoms with Gasteiger partial charge in [-0.15, -0.1) is 0 Å². The van der Waals surface area contributed by atoms with Crippen LogP contribution in [0.1, 0.15) is 18.4 Å². The molecule has 0 aliphatic carbocycles. The lowest BCUT2D eigenvalue weighted by molar-refractivity contribution is -0.117. The number of fused-ring (bicyclic) bond motifs is 2. The third kappa shape index (κ3) is 2.44. The van der Waals surface area contributed by atoms with Crippen molar-refractivity contribution in [3.05, 3.63) is 48.3 Å². The molecule has 6 heteroatoms. The van der Waals surface area contributed by atoms with Crippen molar-refractivity contribution in [3.63, 3.8) is 0 Å². The van der Waals surface area contributed by atoms with Crippen LogP contribution in [0.2, 0.25) is 0 Å². The van der Waals surface area contributed by atoms with Crippen molar-refractivity contribution in [3.8, 4) is 11.5 Å². The van der Waals surface area contributed by atoms with Crippen LogP contribution in [-0.2, 0) is 11.3 Å². The highest BCUT2D eigenvalue weighted by molar-refractivity contribution is 5.97. The Morgan fingerprint density at radius 3 is 2.96 bits per heavy atom. The Morgan fingerprint density at radius 2 is 2.08 bits per heavy atom. The molecule has 0 radical (unpaired) electrons. The van der Waals surface area contributed by atoms with Gasteiger partial charge in [-0.1, -0.05) is 6.07 Å². The van der Waals surface area contributed by atoms with Gasteiger partial charge in [0.15, 0.2) is 11.5 Å². The van der Waals surface area contributed by atoms with Crippen LogP contribution in [0.15, 0.2) is 42.7 Å². The Labute approximate surface area is 146 Å². The van der Waals surface area contributed by atoms with Crippen LogP contribution in [0.5, 0.6) is 11.5 Å². The number of amides is 1. The maximum atomic E-state index is 12.6. The normalized spacial score (nSPS) is 24.8. The van der Waals surface area contributed by atoms with Gasteiger partial charge < -0.3 is 14.4 Å². The molecule has 25 heavy (non-hydrogen) atoms. The summed E-state index contributed by atoms with van der Waals surface area (Å²) in [4.78, 5) is 21.1. The maximum Gasteiger partial charge on any atom is 0.231 e. The van der Waals surface area contributed by atoms with Gasteiger partial charge in [-0.25, -0.2) is 0 Å². The number of anilines is 1. The van der Waals surface area contributed by atoms with Gasteiger partial charge in [0.2, 0.25) is 12.7 Å². The number of pyridine rings is 1. The Kier molecular flexibility index (Phi) is 3.38. The molecule has 2 fully saturated rings. The minimum absolute atomic E-state index is 0.193. The first-order valence-corrected chi connectivity index (χ1v) is 8.64. The summed E-state index contributed by atoms with van der Waals surface area (Å²) in [7, 11) is 0. The van der Waals surface area contributed by atoms with Gasteiger partial charge in [-0.2, -0.15) is 0 Å². The van der Waals surface area contributed by atoms with E-state index < -0.39 is 0 Å². The van der Waals surface area contributed by atoms with Crippen molar-refractivity contribution >= 4 is 11.6 Å². The second kappa shape index (κ2) is 5.74. The molecule has 2 saturated heterocycles. The smallest absolute Gasteiger partial charge is 0.231 e. The summed E-state index contributed by atoms with van der Waals surface area (Å²) in [6, 6.07) is 10.4. The molecule has 128 valence electrons. The van der Waals surface area contributed by atoms with Crippen LogP contribution < -0.4 is 14.4 Å². The molecular weight excluding hydrogens is 318 g/mol. The SMILES string of the molecule is O=C1C[C@H]2[C@@H](CCN2Cc2ccc3c(c2)OCO3)N1c1cccnc1. The molecule has 2 aromatic rings. The number of hydrogen-bond donors (Lipinski definition) is 0. The summed E-state index contributed by atoms with van der Waals surface area (Å²) in [6.07, 6.45) is 5.09. The van der Waals surface area contributed by atoms with Gasteiger partial charge in [0.1, 0.15) is 0 Å². The first-order chi connectivity index (χ1) is 12.3. The van der Waals surface area contributed by atoms with Gasteiger partial charge in [0.25, 0.3) is 0 Å². The standard InChI is InChI=1S/C19H19N3O3/c23-19-9-16-15(22(19)14-2-1-6-20-10-14)5-7-21(16)11-13-3-4-17-18(8-13)25-12-24-17/h1-4,6,8,10,15-16H,5,7,9,11-12H2/t15-,16+/m1/s1. The quantitative estimate of drug-likeness (QED) is 0.859. The summed E-state index contributed by atoms with van der Waals surface area (Å²) in [5.41, 5.74) is 2.10. The molecular formula is C19H19N3O3. The predicted molar refractivity (Wildman–Crippen MR) is 91.5 cm³/mol. The average Bonchev–Trinajstić information content (AvgIpc) is 3.31. The fourth-order valence-electron chi connectivity index (χ4n) is 4.23. The van der Waals surface area contributed by atoms with Crippen molar-refractivity contribution in [2.75, 3.05) is 18.2 Å². The fraction of sp³-hybridized carbons (Fsp3) is 0.368. The zero-order valence-electron chi connectivity index (χ0n) is 13.8. The molecule has 0 saturated carbocycles. The van der Waals surface area contributed by atoms with E-state index in [2.05, 4.69) is 16.0 Å². The van der Waals surface area contributed by atoms with Crippen molar-refractivity contribution < 1.29 is 14.3 Å². The van der Waals surface area contributed by atoms with E-state index >= 15 is 0 Å². The molecule has 1 aromatic carbocycles. The number of ether oxygens (including phenoxy) is 2. The summed E-state index contributed by atoms with van der Waals surface area (Å²) in [6.45, 7) is 2.11. The van der Waals surface area contributed by atoms with Crippen molar-refractivity contribution in [2.45, 2.75) is 31.5 Å². The largest absolute Gasteiger partial charge is 0.454 e. The molecule has 3 aliphatic heterocycles. The number of carbonyl (C=O) groups is 1.